The van der Waals surface area contributed by atoms with E-state index in [1.54, 1.807) is 0 Å². The Morgan fingerprint density at radius 2 is 1.02 bits per heavy atom. The van der Waals surface area contributed by atoms with Gasteiger partial charge in [0.05, 0.1) is 0 Å². The zero-order valence-electron chi connectivity index (χ0n) is 23.6. The number of hydrogen-bond donors (Lipinski definition) is 0. The Kier molecular flexibility index (Phi) is 5.66. The first-order valence-electron chi connectivity index (χ1n) is 14.5. The second-order valence-corrected chi connectivity index (χ2v) is 11.1. The zero-order chi connectivity index (χ0) is 28.8. The third kappa shape index (κ3) is 3.50. The van der Waals surface area contributed by atoms with Gasteiger partial charge in [-0.15, -0.1) is 61.1 Å². The summed E-state index contributed by atoms with van der Waals surface area (Å²) >= 11 is 0. The fourth-order valence-electron chi connectivity index (χ4n) is 7.11. The van der Waals surface area contributed by atoms with Crippen molar-refractivity contribution in [3.63, 3.8) is 0 Å². The van der Waals surface area contributed by atoms with Gasteiger partial charge in [0.2, 0.25) is 0 Å². The molecule has 0 amide bonds. The predicted molar refractivity (Wildman–Crippen MR) is 170 cm³/mol. The van der Waals surface area contributed by atoms with Crippen molar-refractivity contribution in [2.24, 2.45) is 0 Å². The normalized spacial score (nSPS) is 15.8. The summed E-state index contributed by atoms with van der Waals surface area (Å²) in [6, 6.07) is 40.2. The van der Waals surface area contributed by atoms with Gasteiger partial charge in [-0.05, 0) is 47.5 Å². The van der Waals surface area contributed by atoms with Crippen molar-refractivity contribution in [1.82, 2.24) is 9.97 Å². The summed E-state index contributed by atoms with van der Waals surface area (Å²) in [6.07, 6.45) is 7.75. The molecule has 2 aromatic heterocycles. The first-order valence-corrected chi connectivity index (χ1v) is 14.5. The smallest absolute Gasteiger partial charge is 0.509 e. The van der Waals surface area contributed by atoms with Crippen LogP contribution in [0.2, 0.25) is 0 Å². The van der Waals surface area contributed by atoms with E-state index < -0.39 is 5.66 Å². The Labute approximate surface area is 275 Å². The molecule has 0 radical (unpaired) electrons. The van der Waals surface area contributed by atoms with E-state index in [0.29, 0.717) is 11.5 Å². The SMILES string of the molecule is [Pt+4].[c-]1c2cccc1N1[CH-]N(c3ccccc31)C1(c3cnccc3-c3ccncc31)N1[CH-]N(c3[c-]c(ccc3)O2)c2ccccc21. The van der Waals surface area contributed by atoms with Crippen LogP contribution in [-0.2, 0) is 26.7 Å². The molecule has 1 aliphatic carbocycles. The zero-order valence-corrected chi connectivity index (χ0v) is 25.9. The topological polar surface area (TPSA) is 48.0 Å². The number of nitrogens with zero attached hydrogens (tertiary/aromatic N) is 6. The Morgan fingerprint density at radius 3 is 1.51 bits per heavy atom. The number of ether oxygens (including phenoxy) is 1. The fraction of sp³-hybridized carbons (Fsp3) is 0.0270. The molecule has 0 N–H and O–H groups in total. The minimum atomic E-state index is -0.876. The molecule has 4 aromatic carbocycles. The van der Waals surface area contributed by atoms with E-state index >= 15 is 0 Å². The number of benzene rings is 4. The number of fused-ring (bicyclic) bond motifs is 23. The average molecular weight is 762 g/mol. The summed E-state index contributed by atoms with van der Waals surface area (Å²) in [5.74, 6) is 1.23. The number of anilines is 6. The molecule has 6 aromatic rings. The summed E-state index contributed by atoms with van der Waals surface area (Å²) in [6.45, 7) is 4.35. The van der Waals surface area contributed by atoms with Crippen molar-refractivity contribution < 1.29 is 25.8 Å². The molecular formula is C37H22N6OPt. The van der Waals surface area contributed by atoms with Crippen molar-refractivity contribution in [3.05, 3.63) is 158 Å². The van der Waals surface area contributed by atoms with E-state index in [2.05, 4.69) is 118 Å². The molecule has 0 saturated carbocycles. The number of aromatic nitrogens is 2. The maximum Gasteiger partial charge on any atom is 4.00 e. The molecule has 3 aliphatic heterocycles. The van der Waals surface area contributed by atoms with Gasteiger partial charge in [0.15, 0.2) is 0 Å². The second-order valence-electron chi connectivity index (χ2n) is 11.1. The molecule has 8 heteroatoms. The van der Waals surface area contributed by atoms with E-state index in [4.69, 9.17) is 14.7 Å². The maximum atomic E-state index is 6.34. The quantitative estimate of drug-likeness (QED) is 0.146. The van der Waals surface area contributed by atoms with E-state index in [1.807, 2.05) is 49.1 Å². The van der Waals surface area contributed by atoms with Crippen molar-refractivity contribution in [1.29, 1.82) is 0 Å². The minimum absolute atomic E-state index is 0. The van der Waals surface area contributed by atoms with Gasteiger partial charge in [0, 0.05) is 70.2 Å². The van der Waals surface area contributed by atoms with Gasteiger partial charge < -0.3 is 24.3 Å². The summed E-state index contributed by atoms with van der Waals surface area (Å²) < 4.78 is 6.34. The van der Waals surface area contributed by atoms with Crippen LogP contribution in [-0.4, -0.2) is 9.97 Å². The molecule has 0 atom stereocenters. The second kappa shape index (κ2) is 9.68. The molecule has 216 valence electrons. The molecule has 0 unspecified atom stereocenters. The van der Waals surface area contributed by atoms with Crippen molar-refractivity contribution in [3.8, 4) is 22.6 Å². The Morgan fingerprint density at radius 1 is 0.556 bits per heavy atom. The summed E-state index contributed by atoms with van der Waals surface area (Å²) in [5.41, 5.74) is 9.40. The number of para-hydroxylation sites is 4. The fourth-order valence-corrected chi connectivity index (χ4v) is 7.11. The van der Waals surface area contributed by atoms with Crippen LogP contribution in [0, 0.1) is 25.5 Å². The Bertz CT molecular complexity index is 1980. The average Bonchev–Trinajstić information content (AvgIpc) is 3.74. The molecule has 5 heterocycles. The molecule has 1 spiro atoms. The number of rotatable bonds is 0. The van der Waals surface area contributed by atoms with Crippen LogP contribution >= 0.6 is 0 Å². The van der Waals surface area contributed by atoms with E-state index in [9.17, 15) is 0 Å². The van der Waals surface area contributed by atoms with Gasteiger partial charge >= 0.3 is 21.1 Å². The van der Waals surface area contributed by atoms with Gasteiger partial charge in [-0.25, -0.2) is 0 Å². The molecule has 45 heavy (non-hydrogen) atoms. The predicted octanol–water partition coefficient (Wildman–Crippen LogP) is 7.92. The molecule has 7 nitrogen and oxygen atoms in total. The standard InChI is InChI=1S/C37H22N6O.Pt/c1-3-13-35-33(11-1)40-23-42(35)37(31-21-38-17-15-29(31)30-16-18-39-22-32(30)37)43-24-41(34-12-2-4-14-36(34)43)26-8-6-10-28(20-26)44-27-9-5-7-25(40)19-27;/h1-18,21-24H;/q-4;+4. The van der Waals surface area contributed by atoms with Crippen LogP contribution in [0.25, 0.3) is 11.1 Å². The minimum Gasteiger partial charge on any atom is -0.509 e. The van der Waals surface area contributed by atoms with Gasteiger partial charge in [0.1, 0.15) is 5.66 Å². The van der Waals surface area contributed by atoms with Crippen LogP contribution in [0.4, 0.5) is 34.1 Å². The molecule has 4 aliphatic rings. The van der Waals surface area contributed by atoms with Gasteiger partial charge in [-0.3, -0.25) is 9.97 Å². The van der Waals surface area contributed by atoms with Gasteiger partial charge in [-0.2, -0.15) is 12.1 Å². The van der Waals surface area contributed by atoms with Crippen molar-refractivity contribution >= 4 is 34.1 Å². The molecule has 10 rings (SSSR count). The monoisotopic (exact) mass is 761 g/mol. The van der Waals surface area contributed by atoms with Crippen LogP contribution in [0.15, 0.2) is 122 Å². The summed E-state index contributed by atoms with van der Waals surface area (Å²) in [4.78, 5) is 18.5. The number of pyridine rings is 2. The summed E-state index contributed by atoms with van der Waals surface area (Å²) in [7, 11) is 0. The first kappa shape index (κ1) is 26.3. The molecular weight excluding hydrogens is 740 g/mol. The van der Waals surface area contributed by atoms with Crippen LogP contribution in [0.5, 0.6) is 11.5 Å². The van der Waals surface area contributed by atoms with Gasteiger partial charge in [0.25, 0.3) is 0 Å². The summed E-state index contributed by atoms with van der Waals surface area (Å²) in [5, 5.41) is 0. The largest absolute Gasteiger partial charge is 4.00 e. The van der Waals surface area contributed by atoms with E-state index in [1.165, 1.54) is 0 Å². The van der Waals surface area contributed by atoms with E-state index in [0.717, 1.165) is 56.4 Å². The van der Waals surface area contributed by atoms with Crippen molar-refractivity contribution in [2.45, 2.75) is 5.66 Å². The maximum absolute atomic E-state index is 6.34. The Hall–Kier alpha value is -5.13. The third-order valence-corrected chi connectivity index (χ3v) is 8.89. The first-order chi connectivity index (χ1) is 21.8. The Balaban J connectivity index is 0.00000281. The molecule has 0 saturated heterocycles. The molecule has 8 bridgehead atoms. The molecule has 0 fully saturated rings. The van der Waals surface area contributed by atoms with Gasteiger partial charge in [-0.1, -0.05) is 24.3 Å². The van der Waals surface area contributed by atoms with Crippen LogP contribution in [0.1, 0.15) is 11.1 Å². The third-order valence-electron chi connectivity index (χ3n) is 8.89. The number of hydrogen-bond acceptors (Lipinski definition) is 7. The van der Waals surface area contributed by atoms with Crippen LogP contribution in [0.3, 0.4) is 0 Å². The van der Waals surface area contributed by atoms with E-state index in [-0.39, 0.29) is 21.1 Å². The van der Waals surface area contributed by atoms with Crippen molar-refractivity contribution in [2.75, 3.05) is 19.6 Å². The van der Waals surface area contributed by atoms with Crippen LogP contribution < -0.4 is 24.3 Å².